The molecule has 1 saturated carbocycles. The molecule has 1 aromatic heterocycles. The highest BCUT2D eigenvalue weighted by Gasteiger charge is 2.30. The predicted molar refractivity (Wildman–Crippen MR) is 90.2 cm³/mol. The largest absolute Gasteiger partial charge is 0.393 e. The molecule has 0 bridgehead atoms. The van der Waals surface area contributed by atoms with E-state index in [1.54, 1.807) is 0 Å². The first-order valence-electron chi connectivity index (χ1n) is 8.46. The summed E-state index contributed by atoms with van der Waals surface area (Å²) in [6.07, 6.45) is 2.53. The van der Waals surface area contributed by atoms with E-state index in [0.717, 1.165) is 29.7 Å². The average molecular weight is 315 g/mol. The van der Waals surface area contributed by atoms with Crippen LogP contribution in [0.15, 0.2) is 24.3 Å². The molecule has 1 aliphatic rings. The van der Waals surface area contributed by atoms with Gasteiger partial charge in [0, 0.05) is 12.5 Å². The smallest absolute Gasteiger partial charge is 0.240 e. The maximum absolute atomic E-state index is 12.3. The molecular weight excluding hydrogens is 290 g/mol. The minimum atomic E-state index is -0.369. The van der Waals surface area contributed by atoms with Crippen molar-refractivity contribution in [2.24, 2.45) is 5.92 Å². The van der Waals surface area contributed by atoms with Gasteiger partial charge in [-0.1, -0.05) is 26.0 Å². The number of hydrogen-bond donors (Lipinski definition) is 2. The number of imidazole rings is 1. The monoisotopic (exact) mass is 315 g/mol. The van der Waals surface area contributed by atoms with Crippen molar-refractivity contribution < 1.29 is 9.90 Å². The molecule has 0 radical (unpaired) electrons. The number of hydrogen-bond acceptors (Lipinski definition) is 3. The number of fused-ring (bicyclic) bond motifs is 1. The number of nitrogens with zero attached hydrogens (tertiary/aromatic N) is 2. The van der Waals surface area contributed by atoms with Crippen LogP contribution in [0.4, 0.5) is 0 Å². The molecule has 1 unspecified atom stereocenters. The second-order valence-electron chi connectivity index (χ2n) is 6.77. The van der Waals surface area contributed by atoms with E-state index in [-0.39, 0.29) is 17.9 Å². The number of carbonyl (C=O) groups excluding carboxylic acids is 1. The topological polar surface area (TPSA) is 67.2 Å². The molecule has 1 amide bonds. The van der Waals surface area contributed by atoms with Crippen LogP contribution >= 0.6 is 0 Å². The van der Waals surface area contributed by atoms with Gasteiger partial charge in [0.25, 0.3) is 0 Å². The summed E-state index contributed by atoms with van der Waals surface area (Å²) in [7, 11) is 0. The number of aliphatic hydroxyl groups is 1. The fourth-order valence-corrected chi connectivity index (χ4v) is 2.81. The molecule has 1 atom stereocenters. The quantitative estimate of drug-likeness (QED) is 0.824. The fraction of sp³-hybridized carbons (Fsp3) is 0.556. The lowest BCUT2D eigenvalue weighted by Gasteiger charge is -2.15. The third kappa shape index (κ3) is 3.72. The van der Waals surface area contributed by atoms with Gasteiger partial charge in [0.1, 0.15) is 12.4 Å². The number of aliphatic hydroxyl groups excluding tert-OH is 1. The van der Waals surface area contributed by atoms with Crippen LogP contribution in [-0.4, -0.2) is 33.2 Å². The Balaban J connectivity index is 1.66. The van der Waals surface area contributed by atoms with Gasteiger partial charge in [-0.2, -0.15) is 0 Å². The van der Waals surface area contributed by atoms with E-state index in [9.17, 15) is 9.90 Å². The molecule has 2 aromatic rings. The van der Waals surface area contributed by atoms with Crippen molar-refractivity contribution in [3.63, 3.8) is 0 Å². The Hall–Kier alpha value is -1.88. The van der Waals surface area contributed by atoms with Gasteiger partial charge in [-0.05, 0) is 37.3 Å². The normalized spacial score (nSPS) is 16.0. The molecule has 0 spiro atoms. The molecule has 5 nitrogen and oxygen atoms in total. The summed E-state index contributed by atoms with van der Waals surface area (Å²) in [5.74, 6) is 1.72. The summed E-state index contributed by atoms with van der Waals surface area (Å²) in [5, 5.41) is 12.7. The van der Waals surface area contributed by atoms with Crippen LogP contribution in [0.5, 0.6) is 0 Å². The third-order valence-corrected chi connectivity index (χ3v) is 4.46. The fourth-order valence-electron chi connectivity index (χ4n) is 2.81. The van der Waals surface area contributed by atoms with E-state index in [1.165, 1.54) is 0 Å². The third-order valence-electron chi connectivity index (χ3n) is 4.46. The van der Waals surface area contributed by atoms with Crippen LogP contribution in [0.3, 0.4) is 0 Å². The highest BCUT2D eigenvalue weighted by atomic mass is 16.3. The standard InChI is InChI=1S/C18H25N3O2/c1-12(2)16(22)9-10-19-17(23)11-21-15-6-4-3-5-14(15)20-18(21)13-7-8-13/h3-6,12-13,16,22H,7-11H2,1-2H3,(H,19,23). The van der Waals surface area contributed by atoms with E-state index in [0.29, 0.717) is 25.4 Å². The minimum absolute atomic E-state index is 0.0222. The Labute approximate surface area is 136 Å². The number of benzene rings is 1. The van der Waals surface area contributed by atoms with Gasteiger partial charge in [-0.3, -0.25) is 4.79 Å². The van der Waals surface area contributed by atoms with E-state index in [4.69, 9.17) is 4.98 Å². The summed E-state index contributed by atoms with van der Waals surface area (Å²) in [6, 6.07) is 7.97. The summed E-state index contributed by atoms with van der Waals surface area (Å²) in [6.45, 7) is 4.76. The number of amides is 1. The van der Waals surface area contributed by atoms with Crippen molar-refractivity contribution in [2.45, 2.75) is 51.7 Å². The number of para-hydroxylation sites is 2. The summed E-state index contributed by atoms with van der Waals surface area (Å²) in [4.78, 5) is 17.0. The lowest BCUT2D eigenvalue weighted by molar-refractivity contribution is -0.121. The second-order valence-corrected chi connectivity index (χ2v) is 6.77. The van der Waals surface area contributed by atoms with E-state index < -0.39 is 0 Å². The molecule has 23 heavy (non-hydrogen) atoms. The van der Waals surface area contributed by atoms with Gasteiger partial charge in [0.05, 0.1) is 17.1 Å². The van der Waals surface area contributed by atoms with Crippen molar-refractivity contribution in [1.29, 1.82) is 0 Å². The maximum Gasteiger partial charge on any atom is 0.240 e. The zero-order valence-corrected chi connectivity index (χ0v) is 13.8. The van der Waals surface area contributed by atoms with Crippen LogP contribution in [0.1, 0.15) is 44.9 Å². The second kappa shape index (κ2) is 6.71. The Morgan fingerprint density at radius 2 is 2.13 bits per heavy atom. The van der Waals surface area contributed by atoms with Gasteiger partial charge < -0.3 is 15.0 Å². The molecule has 1 heterocycles. The highest BCUT2D eigenvalue weighted by molar-refractivity contribution is 5.81. The van der Waals surface area contributed by atoms with Crippen LogP contribution in [0, 0.1) is 5.92 Å². The molecule has 1 aromatic carbocycles. The predicted octanol–water partition coefficient (Wildman–Crippen LogP) is 2.44. The minimum Gasteiger partial charge on any atom is -0.393 e. The zero-order valence-electron chi connectivity index (χ0n) is 13.8. The summed E-state index contributed by atoms with van der Waals surface area (Å²) >= 11 is 0. The molecule has 0 aliphatic heterocycles. The lowest BCUT2D eigenvalue weighted by atomic mass is 10.0. The van der Waals surface area contributed by atoms with Gasteiger partial charge >= 0.3 is 0 Å². The Morgan fingerprint density at radius 3 is 2.83 bits per heavy atom. The summed E-state index contributed by atoms with van der Waals surface area (Å²) in [5.41, 5.74) is 1.98. The average Bonchev–Trinajstić information content (AvgIpc) is 3.31. The summed E-state index contributed by atoms with van der Waals surface area (Å²) < 4.78 is 2.04. The first-order valence-corrected chi connectivity index (χ1v) is 8.46. The molecule has 1 fully saturated rings. The number of rotatable bonds is 7. The van der Waals surface area contributed by atoms with Crippen LogP contribution in [-0.2, 0) is 11.3 Å². The molecule has 3 rings (SSSR count). The molecular formula is C18H25N3O2. The number of nitrogens with one attached hydrogen (secondary N) is 1. The van der Waals surface area contributed by atoms with E-state index in [1.807, 2.05) is 42.7 Å². The Bertz CT molecular complexity index is 689. The molecule has 2 N–H and O–H groups in total. The molecule has 124 valence electrons. The lowest BCUT2D eigenvalue weighted by Crippen LogP contribution is -2.31. The van der Waals surface area contributed by atoms with E-state index >= 15 is 0 Å². The maximum atomic E-state index is 12.3. The van der Waals surface area contributed by atoms with Gasteiger partial charge in [-0.25, -0.2) is 4.98 Å². The molecule has 5 heteroatoms. The Kier molecular flexibility index (Phi) is 4.66. The van der Waals surface area contributed by atoms with Crippen molar-refractivity contribution in [3.8, 4) is 0 Å². The van der Waals surface area contributed by atoms with Gasteiger partial charge in [0.15, 0.2) is 0 Å². The molecule has 0 saturated heterocycles. The SMILES string of the molecule is CC(C)C(O)CCNC(=O)Cn1c(C2CC2)nc2ccccc21. The molecule has 1 aliphatic carbocycles. The van der Waals surface area contributed by atoms with Gasteiger partial charge in [-0.15, -0.1) is 0 Å². The van der Waals surface area contributed by atoms with Crippen molar-refractivity contribution >= 4 is 16.9 Å². The van der Waals surface area contributed by atoms with Crippen LogP contribution in [0.25, 0.3) is 11.0 Å². The number of carbonyl (C=O) groups is 1. The first-order chi connectivity index (χ1) is 11.1. The number of aromatic nitrogens is 2. The van der Waals surface area contributed by atoms with Crippen molar-refractivity contribution in [2.75, 3.05) is 6.54 Å². The van der Waals surface area contributed by atoms with Crippen LogP contribution < -0.4 is 5.32 Å². The first kappa shape index (κ1) is 16.0. The van der Waals surface area contributed by atoms with Crippen LogP contribution in [0.2, 0.25) is 0 Å². The zero-order chi connectivity index (χ0) is 16.4. The van der Waals surface area contributed by atoms with Crippen molar-refractivity contribution in [1.82, 2.24) is 14.9 Å². The van der Waals surface area contributed by atoms with Gasteiger partial charge in [0.2, 0.25) is 5.91 Å². The Morgan fingerprint density at radius 1 is 1.39 bits per heavy atom. The van der Waals surface area contributed by atoms with E-state index in [2.05, 4.69) is 5.32 Å². The highest BCUT2D eigenvalue weighted by Crippen LogP contribution is 2.40. The van der Waals surface area contributed by atoms with Crippen molar-refractivity contribution in [3.05, 3.63) is 30.1 Å².